The zero-order chi connectivity index (χ0) is 18.1. The van der Waals surface area contributed by atoms with Gasteiger partial charge in [-0.3, -0.25) is 9.59 Å². The number of carbonyl (C=O) groups is 2. The molecule has 4 aliphatic carbocycles. The van der Waals surface area contributed by atoms with Crippen LogP contribution in [0.1, 0.15) is 69.2 Å². The average Bonchev–Trinajstić information content (AvgIpc) is 3.06. The van der Waals surface area contributed by atoms with Crippen LogP contribution in [0.15, 0.2) is 17.5 Å². The second-order valence-corrected chi connectivity index (χ2v) is 9.97. The van der Waals surface area contributed by atoms with Crippen molar-refractivity contribution in [3.05, 3.63) is 22.4 Å². The van der Waals surface area contributed by atoms with Gasteiger partial charge in [0, 0.05) is 18.3 Å². The Bertz CT molecular complexity index is 620. The topological polar surface area (TPSA) is 58.2 Å². The third-order valence-electron chi connectivity index (χ3n) is 6.80. The smallest absolute Gasteiger partial charge is 0.222 e. The van der Waals surface area contributed by atoms with Gasteiger partial charge in [-0.1, -0.05) is 6.07 Å². The van der Waals surface area contributed by atoms with E-state index in [1.807, 2.05) is 17.5 Å². The van der Waals surface area contributed by atoms with Crippen LogP contribution >= 0.6 is 11.3 Å². The zero-order valence-electron chi connectivity index (χ0n) is 15.6. The van der Waals surface area contributed by atoms with E-state index in [-0.39, 0.29) is 17.9 Å². The lowest BCUT2D eigenvalue weighted by Crippen LogP contribution is -2.47. The second kappa shape index (κ2) is 7.34. The van der Waals surface area contributed by atoms with E-state index in [0.29, 0.717) is 11.8 Å². The molecule has 0 spiro atoms. The normalized spacial score (nSPS) is 33.0. The number of amides is 2. The molecule has 2 N–H and O–H groups in total. The standard InChI is InChI=1S/C21H30N2O2S/c1-14(24)23-18(19-3-2-6-26-19)10-20(25)22-5-4-21-11-15-7-16(12-21)9-17(8-15)13-21/h2-3,6,15-18H,4-5,7-13H2,1H3,(H,22,25)(H,23,24). The lowest BCUT2D eigenvalue weighted by Gasteiger charge is -2.57. The van der Waals surface area contributed by atoms with Gasteiger partial charge in [0.1, 0.15) is 0 Å². The first-order valence-corrected chi connectivity index (χ1v) is 11.0. The van der Waals surface area contributed by atoms with E-state index < -0.39 is 0 Å². The Hall–Kier alpha value is -1.36. The molecule has 1 atom stereocenters. The quantitative estimate of drug-likeness (QED) is 0.757. The van der Waals surface area contributed by atoms with E-state index in [9.17, 15) is 9.59 Å². The van der Waals surface area contributed by atoms with E-state index in [4.69, 9.17) is 0 Å². The van der Waals surface area contributed by atoms with Crippen molar-refractivity contribution in [3.63, 3.8) is 0 Å². The van der Waals surface area contributed by atoms with Gasteiger partial charge in [-0.2, -0.15) is 0 Å². The van der Waals surface area contributed by atoms with Crippen molar-refractivity contribution in [3.8, 4) is 0 Å². The summed E-state index contributed by atoms with van der Waals surface area (Å²) in [7, 11) is 0. The van der Waals surface area contributed by atoms with Crippen molar-refractivity contribution in [2.24, 2.45) is 23.2 Å². The molecule has 0 aliphatic heterocycles. The van der Waals surface area contributed by atoms with Crippen LogP contribution < -0.4 is 10.6 Å². The summed E-state index contributed by atoms with van der Waals surface area (Å²) in [6.07, 6.45) is 10.0. The number of thiophene rings is 1. The minimum Gasteiger partial charge on any atom is -0.356 e. The number of hydrogen-bond donors (Lipinski definition) is 2. The fourth-order valence-electron chi connectivity index (χ4n) is 6.28. The summed E-state index contributed by atoms with van der Waals surface area (Å²) < 4.78 is 0. The van der Waals surface area contributed by atoms with Gasteiger partial charge in [0.15, 0.2) is 0 Å². The predicted molar refractivity (Wildman–Crippen MR) is 104 cm³/mol. The van der Waals surface area contributed by atoms with Crippen LogP contribution in [0.2, 0.25) is 0 Å². The average molecular weight is 375 g/mol. The molecular weight excluding hydrogens is 344 g/mol. The van der Waals surface area contributed by atoms with Crippen molar-refractivity contribution in [2.75, 3.05) is 6.54 Å². The molecule has 26 heavy (non-hydrogen) atoms. The van der Waals surface area contributed by atoms with Crippen molar-refractivity contribution < 1.29 is 9.59 Å². The van der Waals surface area contributed by atoms with E-state index in [0.717, 1.165) is 35.6 Å². The number of nitrogens with one attached hydrogen (secondary N) is 2. The molecule has 5 rings (SSSR count). The van der Waals surface area contributed by atoms with Gasteiger partial charge < -0.3 is 10.6 Å². The molecule has 142 valence electrons. The largest absolute Gasteiger partial charge is 0.356 e. The molecule has 5 heteroatoms. The molecule has 4 aliphatic rings. The lowest BCUT2D eigenvalue weighted by molar-refractivity contribution is -0.123. The molecule has 0 radical (unpaired) electrons. The summed E-state index contributed by atoms with van der Waals surface area (Å²) in [5, 5.41) is 8.03. The molecule has 2 amide bonds. The maximum absolute atomic E-state index is 12.5. The molecule has 1 heterocycles. The van der Waals surface area contributed by atoms with Gasteiger partial charge >= 0.3 is 0 Å². The van der Waals surface area contributed by atoms with Gasteiger partial charge in [-0.25, -0.2) is 0 Å². The summed E-state index contributed by atoms with van der Waals surface area (Å²) in [5.74, 6) is 2.83. The van der Waals surface area contributed by atoms with E-state index in [2.05, 4.69) is 10.6 Å². The van der Waals surface area contributed by atoms with Crippen molar-refractivity contribution >= 4 is 23.2 Å². The Kier molecular flexibility index (Phi) is 5.09. The molecule has 0 aromatic carbocycles. The first-order chi connectivity index (χ1) is 12.5. The molecule has 4 bridgehead atoms. The summed E-state index contributed by atoms with van der Waals surface area (Å²) in [5.41, 5.74) is 0.507. The SMILES string of the molecule is CC(=O)NC(CC(=O)NCCC12CC3CC(CC(C3)C1)C2)c1cccs1. The maximum atomic E-state index is 12.5. The monoisotopic (exact) mass is 374 g/mol. The first kappa shape index (κ1) is 18.0. The Morgan fingerprint density at radius 3 is 2.38 bits per heavy atom. The van der Waals surface area contributed by atoms with E-state index >= 15 is 0 Å². The fourth-order valence-corrected chi connectivity index (χ4v) is 7.06. The Balaban J connectivity index is 1.28. The highest BCUT2D eigenvalue weighted by Crippen LogP contribution is 2.61. The molecule has 1 unspecified atom stereocenters. The number of carbonyl (C=O) groups excluding carboxylic acids is 2. The van der Waals surface area contributed by atoms with Crippen LogP contribution in [-0.4, -0.2) is 18.4 Å². The maximum Gasteiger partial charge on any atom is 0.222 e. The van der Waals surface area contributed by atoms with Gasteiger partial charge in [-0.05, 0) is 79.6 Å². The first-order valence-electron chi connectivity index (χ1n) is 10.1. The van der Waals surface area contributed by atoms with Gasteiger partial charge in [0.2, 0.25) is 11.8 Å². The van der Waals surface area contributed by atoms with Crippen LogP contribution in [-0.2, 0) is 9.59 Å². The molecule has 0 saturated heterocycles. The van der Waals surface area contributed by atoms with Crippen LogP contribution in [0.25, 0.3) is 0 Å². The minimum atomic E-state index is -0.216. The molecule has 4 fully saturated rings. The Labute approximate surface area is 160 Å². The highest BCUT2D eigenvalue weighted by molar-refractivity contribution is 7.10. The fraction of sp³-hybridized carbons (Fsp3) is 0.714. The highest BCUT2D eigenvalue weighted by Gasteiger charge is 2.50. The summed E-state index contributed by atoms with van der Waals surface area (Å²) in [4.78, 5) is 25.0. The van der Waals surface area contributed by atoms with Crippen molar-refractivity contribution in [2.45, 2.75) is 64.3 Å². The third-order valence-corrected chi connectivity index (χ3v) is 7.78. The number of hydrogen-bond acceptors (Lipinski definition) is 3. The van der Waals surface area contributed by atoms with Gasteiger partial charge in [-0.15, -0.1) is 11.3 Å². The van der Waals surface area contributed by atoms with Crippen LogP contribution in [0.4, 0.5) is 0 Å². The van der Waals surface area contributed by atoms with Crippen LogP contribution in [0.5, 0.6) is 0 Å². The summed E-state index contributed by atoms with van der Waals surface area (Å²) in [6, 6.07) is 3.72. The second-order valence-electron chi connectivity index (χ2n) is 8.99. The summed E-state index contributed by atoms with van der Waals surface area (Å²) in [6.45, 7) is 2.29. The van der Waals surface area contributed by atoms with Gasteiger partial charge in [0.05, 0.1) is 12.5 Å². The Morgan fingerprint density at radius 1 is 1.19 bits per heavy atom. The highest BCUT2D eigenvalue weighted by atomic mass is 32.1. The summed E-state index contributed by atoms with van der Waals surface area (Å²) >= 11 is 1.58. The minimum absolute atomic E-state index is 0.0434. The van der Waals surface area contributed by atoms with Crippen molar-refractivity contribution in [1.29, 1.82) is 0 Å². The van der Waals surface area contributed by atoms with Crippen LogP contribution in [0, 0.1) is 23.2 Å². The number of rotatable bonds is 7. The Morgan fingerprint density at radius 2 is 1.85 bits per heavy atom. The van der Waals surface area contributed by atoms with Crippen LogP contribution in [0.3, 0.4) is 0 Å². The van der Waals surface area contributed by atoms with E-state index in [1.165, 1.54) is 45.4 Å². The molecular formula is C21H30N2O2S. The van der Waals surface area contributed by atoms with E-state index in [1.54, 1.807) is 11.3 Å². The predicted octanol–water partition coefficient (Wildman–Crippen LogP) is 4.04. The zero-order valence-corrected chi connectivity index (χ0v) is 16.4. The molecule has 1 aromatic heterocycles. The van der Waals surface area contributed by atoms with Gasteiger partial charge in [0.25, 0.3) is 0 Å². The third kappa shape index (κ3) is 3.98. The molecule has 4 nitrogen and oxygen atoms in total. The molecule has 1 aromatic rings. The lowest BCUT2D eigenvalue weighted by atomic mass is 9.49. The van der Waals surface area contributed by atoms with Crippen molar-refractivity contribution in [1.82, 2.24) is 10.6 Å². The molecule has 4 saturated carbocycles.